The molecule has 0 spiro atoms. The average molecular weight is 237 g/mol. The molecule has 14 heavy (non-hydrogen) atoms. The van der Waals surface area contributed by atoms with Gasteiger partial charge in [-0.25, -0.2) is 8.42 Å². The molecule has 0 atom stereocenters. The Morgan fingerprint density at radius 2 is 2.14 bits per heavy atom. The molecule has 6 nitrogen and oxygen atoms in total. The molecule has 0 N–H and O–H groups in total. The van der Waals surface area contributed by atoms with Crippen LogP contribution >= 0.6 is 10.7 Å². The van der Waals surface area contributed by atoms with Crippen LogP contribution in [0.25, 0.3) is 0 Å². The molecule has 1 heterocycles. The second kappa shape index (κ2) is 3.50. The van der Waals surface area contributed by atoms with Gasteiger partial charge in [-0.05, 0) is 6.92 Å². The lowest BCUT2D eigenvalue weighted by atomic mass is 10.3. The number of rotatable bonds is 2. The van der Waals surface area contributed by atoms with Gasteiger partial charge >= 0.3 is 0 Å². The fraction of sp³-hybridized carbons (Fsp3) is 0.167. The molecule has 0 bridgehead atoms. The number of aromatic nitrogens is 1. The van der Waals surface area contributed by atoms with Gasteiger partial charge in [0.1, 0.15) is 11.1 Å². The van der Waals surface area contributed by atoms with Crippen LogP contribution in [0.15, 0.2) is 17.2 Å². The molecule has 76 valence electrons. The lowest BCUT2D eigenvalue weighted by molar-refractivity contribution is -0.385. The van der Waals surface area contributed by atoms with Crippen molar-refractivity contribution >= 4 is 25.4 Å². The van der Waals surface area contributed by atoms with Gasteiger partial charge in [0.15, 0.2) is 0 Å². The molecule has 0 aliphatic carbocycles. The predicted octanol–water partition coefficient (Wildman–Crippen LogP) is 1.23. The molecule has 8 heteroatoms. The highest BCUT2D eigenvalue weighted by Gasteiger charge is 2.18. The van der Waals surface area contributed by atoms with Crippen molar-refractivity contribution in [1.82, 2.24) is 4.98 Å². The first-order chi connectivity index (χ1) is 6.32. The Kier molecular flexibility index (Phi) is 2.72. The van der Waals surface area contributed by atoms with E-state index in [9.17, 15) is 18.5 Å². The largest absolute Gasteiger partial charge is 0.288 e. The Hall–Kier alpha value is -1.21. The van der Waals surface area contributed by atoms with Crippen LogP contribution in [0.2, 0.25) is 0 Å². The van der Waals surface area contributed by atoms with E-state index in [1.807, 2.05) is 0 Å². The predicted molar refractivity (Wildman–Crippen MR) is 48.7 cm³/mol. The standard InChI is InChI=1S/C6H5ClN2O4S/c1-4-6(14(7,12)13)2-5(3-8-4)9(10)11/h2-3H,1H3. The van der Waals surface area contributed by atoms with Gasteiger partial charge in [-0.2, -0.15) is 0 Å². The zero-order chi connectivity index (χ0) is 10.9. The molecule has 0 unspecified atom stereocenters. The zero-order valence-corrected chi connectivity index (χ0v) is 8.54. The summed E-state index contributed by atoms with van der Waals surface area (Å²) >= 11 is 0. The van der Waals surface area contributed by atoms with Crippen molar-refractivity contribution in [2.75, 3.05) is 0 Å². The average Bonchev–Trinajstić information content (AvgIpc) is 2.02. The van der Waals surface area contributed by atoms with E-state index in [1.54, 1.807) is 0 Å². The molecule has 1 rings (SSSR count). The lowest BCUT2D eigenvalue weighted by Crippen LogP contribution is -1.99. The number of halogens is 1. The first-order valence-corrected chi connectivity index (χ1v) is 5.69. The van der Waals surface area contributed by atoms with Gasteiger partial charge in [-0.3, -0.25) is 15.1 Å². The van der Waals surface area contributed by atoms with Gasteiger partial charge in [0.05, 0.1) is 10.6 Å². The minimum atomic E-state index is -3.98. The Morgan fingerprint density at radius 1 is 1.57 bits per heavy atom. The fourth-order valence-corrected chi connectivity index (χ4v) is 1.98. The highest BCUT2D eigenvalue weighted by Crippen LogP contribution is 2.22. The van der Waals surface area contributed by atoms with Crippen molar-refractivity contribution in [2.45, 2.75) is 11.8 Å². The SMILES string of the molecule is Cc1ncc([N+](=O)[O-])cc1S(=O)(=O)Cl. The third-order valence-electron chi connectivity index (χ3n) is 1.50. The van der Waals surface area contributed by atoms with Crippen LogP contribution < -0.4 is 0 Å². The highest BCUT2D eigenvalue weighted by molar-refractivity contribution is 8.13. The van der Waals surface area contributed by atoms with Crippen LogP contribution in [0.3, 0.4) is 0 Å². The number of nitro groups is 1. The molecule has 0 radical (unpaired) electrons. The Balaban J connectivity index is 3.44. The van der Waals surface area contributed by atoms with Gasteiger partial charge in [0, 0.05) is 16.7 Å². The zero-order valence-electron chi connectivity index (χ0n) is 6.97. The smallest absolute Gasteiger partial charge is 0.258 e. The van der Waals surface area contributed by atoms with Crippen LogP contribution in [0.5, 0.6) is 0 Å². The minimum absolute atomic E-state index is 0.130. The second-order valence-electron chi connectivity index (χ2n) is 2.47. The maximum Gasteiger partial charge on any atom is 0.288 e. The fourth-order valence-electron chi connectivity index (χ4n) is 0.849. The van der Waals surface area contributed by atoms with Gasteiger partial charge in [-0.15, -0.1) is 0 Å². The molecule has 0 saturated carbocycles. The van der Waals surface area contributed by atoms with Gasteiger partial charge < -0.3 is 0 Å². The van der Waals surface area contributed by atoms with E-state index >= 15 is 0 Å². The highest BCUT2D eigenvalue weighted by atomic mass is 35.7. The molecule has 0 aromatic carbocycles. The third-order valence-corrected chi connectivity index (χ3v) is 2.94. The Bertz CT molecular complexity index is 485. The molecule has 0 aliphatic rings. The molecule has 1 aromatic rings. The summed E-state index contributed by atoms with van der Waals surface area (Å²) in [6.45, 7) is 1.40. The number of nitrogens with zero attached hydrogens (tertiary/aromatic N) is 2. The number of hydrogen-bond donors (Lipinski definition) is 0. The van der Waals surface area contributed by atoms with Crippen molar-refractivity contribution in [1.29, 1.82) is 0 Å². The van der Waals surface area contributed by atoms with Crippen molar-refractivity contribution in [3.8, 4) is 0 Å². The van der Waals surface area contributed by atoms with Crippen LogP contribution in [0.4, 0.5) is 5.69 Å². The molecular weight excluding hydrogens is 232 g/mol. The molecular formula is C6H5ClN2O4S. The van der Waals surface area contributed by atoms with E-state index in [0.717, 1.165) is 12.3 Å². The summed E-state index contributed by atoms with van der Waals surface area (Å²) in [5.74, 6) is 0. The summed E-state index contributed by atoms with van der Waals surface area (Å²) in [4.78, 5) is 12.8. The normalized spacial score (nSPS) is 11.3. The second-order valence-corrected chi connectivity index (χ2v) is 5.01. The first-order valence-electron chi connectivity index (χ1n) is 3.38. The monoisotopic (exact) mass is 236 g/mol. The molecule has 1 aromatic heterocycles. The Labute approximate surface area is 84.1 Å². The van der Waals surface area contributed by atoms with E-state index < -0.39 is 19.7 Å². The van der Waals surface area contributed by atoms with Crippen LogP contribution in [0.1, 0.15) is 5.69 Å². The summed E-state index contributed by atoms with van der Waals surface area (Å²) in [5.41, 5.74) is -0.277. The van der Waals surface area contributed by atoms with Crippen molar-refractivity contribution < 1.29 is 13.3 Å². The van der Waals surface area contributed by atoms with Crippen molar-refractivity contribution in [2.24, 2.45) is 0 Å². The lowest BCUT2D eigenvalue weighted by Gasteiger charge is -1.99. The van der Waals surface area contributed by atoms with E-state index in [2.05, 4.69) is 4.98 Å². The first kappa shape index (κ1) is 10.9. The maximum atomic E-state index is 10.9. The Morgan fingerprint density at radius 3 is 2.57 bits per heavy atom. The quantitative estimate of drug-likeness (QED) is 0.438. The maximum absolute atomic E-state index is 10.9. The molecule has 0 amide bonds. The number of hydrogen-bond acceptors (Lipinski definition) is 5. The summed E-state index contributed by atoms with van der Waals surface area (Å²) < 4.78 is 21.9. The van der Waals surface area contributed by atoms with E-state index in [1.165, 1.54) is 6.92 Å². The van der Waals surface area contributed by atoms with Gasteiger partial charge in [-0.1, -0.05) is 0 Å². The van der Waals surface area contributed by atoms with Crippen LogP contribution in [0, 0.1) is 17.0 Å². The van der Waals surface area contributed by atoms with E-state index in [0.29, 0.717) is 0 Å². The van der Waals surface area contributed by atoms with Crippen LogP contribution in [-0.4, -0.2) is 18.3 Å². The number of aryl methyl sites for hydroxylation is 1. The number of pyridine rings is 1. The molecule has 0 fully saturated rings. The topological polar surface area (TPSA) is 90.2 Å². The van der Waals surface area contributed by atoms with Gasteiger partial charge in [0.2, 0.25) is 0 Å². The summed E-state index contributed by atoms with van der Waals surface area (Å²) in [6.07, 6.45) is 0.973. The molecule has 0 saturated heterocycles. The van der Waals surface area contributed by atoms with Crippen molar-refractivity contribution in [3.63, 3.8) is 0 Å². The summed E-state index contributed by atoms with van der Waals surface area (Å²) in [7, 11) is 1.07. The molecule has 0 aliphatic heterocycles. The van der Waals surface area contributed by atoms with Gasteiger partial charge in [0.25, 0.3) is 14.7 Å². The minimum Gasteiger partial charge on any atom is -0.258 e. The van der Waals surface area contributed by atoms with E-state index in [4.69, 9.17) is 10.7 Å². The third kappa shape index (κ3) is 2.18. The van der Waals surface area contributed by atoms with E-state index in [-0.39, 0.29) is 10.6 Å². The van der Waals surface area contributed by atoms with Crippen LogP contribution in [-0.2, 0) is 9.05 Å². The van der Waals surface area contributed by atoms with Crippen molar-refractivity contribution in [3.05, 3.63) is 28.1 Å². The summed E-state index contributed by atoms with van der Waals surface area (Å²) in [5, 5.41) is 10.3. The summed E-state index contributed by atoms with van der Waals surface area (Å²) in [6, 6.07) is 0.880.